The number of nitrogens with one attached hydrogen (secondary N) is 1. The lowest BCUT2D eigenvalue weighted by Gasteiger charge is -2.27. The van der Waals surface area contributed by atoms with Crippen molar-refractivity contribution in [3.63, 3.8) is 0 Å². The van der Waals surface area contributed by atoms with Crippen molar-refractivity contribution < 1.29 is 13.2 Å². The summed E-state index contributed by atoms with van der Waals surface area (Å²) in [6, 6.07) is 5.62. The van der Waals surface area contributed by atoms with Crippen LogP contribution in [0.25, 0.3) is 0 Å². The fraction of sp³-hybridized carbons (Fsp3) is 0.421. The monoisotopic (exact) mass is 428 g/mol. The first-order valence-electron chi connectivity index (χ1n) is 8.93. The zero-order chi connectivity index (χ0) is 19.6. The topological polar surface area (TPSA) is 68.3 Å². The summed E-state index contributed by atoms with van der Waals surface area (Å²) in [6.45, 7) is 3.81. The Labute approximate surface area is 170 Å². The first kappa shape index (κ1) is 20.4. The van der Waals surface area contributed by atoms with Crippen LogP contribution in [0.4, 0.5) is 0 Å². The Kier molecular flexibility index (Phi) is 6.31. The largest absolute Gasteiger partial charge is 0.474 e. The average Bonchev–Trinajstić information content (AvgIpc) is 2.59. The van der Waals surface area contributed by atoms with Crippen molar-refractivity contribution in [3.05, 3.63) is 51.6 Å². The summed E-state index contributed by atoms with van der Waals surface area (Å²) in [7, 11) is -3.76. The zero-order valence-electron chi connectivity index (χ0n) is 15.2. The summed E-state index contributed by atoms with van der Waals surface area (Å²) in [5, 5.41) is 0.505. The van der Waals surface area contributed by atoms with Crippen LogP contribution < -0.4 is 9.46 Å². The number of ether oxygens (including phenoxy) is 1. The molecule has 0 saturated heterocycles. The molecule has 0 aliphatic heterocycles. The van der Waals surface area contributed by atoms with Gasteiger partial charge < -0.3 is 4.74 Å². The van der Waals surface area contributed by atoms with Gasteiger partial charge in [0.15, 0.2) is 0 Å². The van der Waals surface area contributed by atoms with Gasteiger partial charge in [0.25, 0.3) is 0 Å². The van der Waals surface area contributed by atoms with E-state index < -0.39 is 16.1 Å². The number of halogens is 2. The van der Waals surface area contributed by atoms with Crippen molar-refractivity contribution in [1.29, 1.82) is 0 Å². The number of nitrogens with zero attached hydrogens (tertiary/aromatic N) is 1. The van der Waals surface area contributed by atoms with Crippen LogP contribution in [0.15, 0.2) is 35.4 Å². The van der Waals surface area contributed by atoms with Gasteiger partial charge >= 0.3 is 0 Å². The lowest BCUT2D eigenvalue weighted by atomic mass is 9.96. The molecule has 5 nitrogen and oxygen atoms in total. The molecule has 1 unspecified atom stereocenters. The normalized spacial score (nSPS) is 16.0. The molecule has 0 amide bonds. The summed E-state index contributed by atoms with van der Waals surface area (Å²) >= 11 is 11.8. The maximum atomic E-state index is 12.7. The molecule has 1 fully saturated rings. The van der Waals surface area contributed by atoms with E-state index in [0.717, 1.165) is 24.0 Å². The van der Waals surface area contributed by atoms with Crippen molar-refractivity contribution in [1.82, 2.24) is 9.71 Å². The van der Waals surface area contributed by atoms with Crippen molar-refractivity contribution in [2.75, 3.05) is 0 Å². The number of sulfonamides is 1. The van der Waals surface area contributed by atoms with Gasteiger partial charge in [-0.05, 0) is 62.4 Å². The second-order valence-electron chi connectivity index (χ2n) is 6.63. The third kappa shape index (κ3) is 4.57. The molecule has 3 rings (SSSR count). The Balaban J connectivity index is 1.85. The molecule has 0 spiro atoms. The Bertz CT molecular complexity index is 931. The summed E-state index contributed by atoms with van der Waals surface area (Å²) in [5.74, 6) is 0.597. The van der Waals surface area contributed by atoms with Crippen molar-refractivity contribution >= 4 is 33.2 Å². The minimum absolute atomic E-state index is 0.0711. The second-order valence-corrected chi connectivity index (χ2v) is 9.16. The van der Waals surface area contributed by atoms with Gasteiger partial charge in [0, 0.05) is 17.8 Å². The molecule has 1 aliphatic rings. The van der Waals surface area contributed by atoms with Crippen LogP contribution in [-0.4, -0.2) is 19.5 Å². The van der Waals surface area contributed by atoms with E-state index in [1.807, 2.05) is 13.0 Å². The van der Waals surface area contributed by atoms with Crippen LogP contribution >= 0.6 is 23.2 Å². The molecule has 1 aromatic carbocycles. The minimum Gasteiger partial charge on any atom is -0.474 e. The molecule has 146 valence electrons. The third-order valence-corrected chi connectivity index (χ3v) is 7.01. The number of hydrogen-bond donors (Lipinski definition) is 1. The van der Waals surface area contributed by atoms with Gasteiger partial charge in [-0.25, -0.2) is 18.1 Å². The summed E-state index contributed by atoms with van der Waals surface area (Å²) in [5.41, 5.74) is 1.78. The standard InChI is InChI=1S/C19H22Cl2N2O3S/c1-3-15-16(9-10-22-19(15)26-13-5-4-6-13)12(2)23-27(24,25)14-7-8-17(20)18(21)11-14/h7-13,23H,3-6H2,1-2H3. The SMILES string of the molecule is CCc1c(C(C)NS(=O)(=O)c2ccc(Cl)c(Cl)c2)ccnc1OC1CCC1. The van der Waals surface area contributed by atoms with Gasteiger partial charge in [0.05, 0.1) is 14.9 Å². The van der Waals surface area contributed by atoms with Crippen molar-refractivity contribution in [2.45, 2.75) is 56.6 Å². The van der Waals surface area contributed by atoms with Crippen LogP contribution in [0.2, 0.25) is 10.0 Å². The molecular weight excluding hydrogens is 407 g/mol. The fourth-order valence-corrected chi connectivity index (χ4v) is 4.62. The van der Waals surface area contributed by atoms with Gasteiger partial charge in [0.2, 0.25) is 15.9 Å². The molecule has 1 N–H and O–H groups in total. The summed E-state index contributed by atoms with van der Waals surface area (Å²) in [4.78, 5) is 4.43. The number of hydrogen-bond acceptors (Lipinski definition) is 4. The Morgan fingerprint density at radius 1 is 1.26 bits per heavy atom. The molecule has 0 bridgehead atoms. The number of rotatable bonds is 7. The predicted octanol–water partition coefficient (Wildman–Crippen LogP) is 4.92. The first-order chi connectivity index (χ1) is 12.8. The highest BCUT2D eigenvalue weighted by Crippen LogP contribution is 2.31. The summed E-state index contributed by atoms with van der Waals surface area (Å²) < 4.78 is 34.2. The van der Waals surface area contributed by atoms with E-state index >= 15 is 0 Å². The average molecular weight is 429 g/mol. The van der Waals surface area contributed by atoms with E-state index in [-0.39, 0.29) is 16.0 Å². The molecule has 1 saturated carbocycles. The molecule has 1 aliphatic carbocycles. The quantitative estimate of drug-likeness (QED) is 0.678. The predicted molar refractivity (Wildman–Crippen MR) is 107 cm³/mol. The number of aromatic nitrogens is 1. The first-order valence-corrected chi connectivity index (χ1v) is 11.2. The Morgan fingerprint density at radius 2 is 2.00 bits per heavy atom. The lowest BCUT2D eigenvalue weighted by Crippen LogP contribution is -2.29. The molecule has 1 heterocycles. The molecular formula is C19H22Cl2N2O3S. The highest BCUT2D eigenvalue weighted by atomic mass is 35.5. The van der Waals surface area contributed by atoms with Gasteiger partial charge in [-0.3, -0.25) is 0 Å². The highest BCUT2D eigenvalue weighted by Gasteiger charge is 2.25. The molecule has 2 aromatic rings. The maximum Gasteiger partial charge on any atom is 0.241 e. The van der Waals surface area contributed by atoms with Gasteiger partial charge in [-0.15, -0.1) is 0 Å². The molecule has 27 heavy (non-hydrogen) atoms. The van der Waals surface area contributed by atoms with Crippen LogP contribution in [0.1, 0.15) is 50.3 Å². The Morgan fingerprint density at radius 3 is 2.59 bits per heavy atom. The minimum atomic E-state index is -3.76. The van der Waals surface area contributed by atoms with E-state index in [0.29, 0.717) is 17.3 Å². The van der Waals surface area contributed by atoms with E-state index in [4.69, 9.17) is 27.9 Å². The van der Waals surface area contributed by atoms with Crippen LogP contribution in [-0.2, 0) is 16.4 Å². The van der Waals surface area contributed by atoms with E-state index in [9.17, 15) is 8.42 Å². The van der Waals surface area contributed by atoms with Gasteiger partial charge in [-0.2, -0.15) is 0 Å². The molecule has 1 atom stereocenters. The van der Waals surface area contributed by atoms with E-state index in [2.05, 4.69) is 9.71 Å². The second kappa shape index (κ2) is 8.35. The highest BCUT2D eigenvalue weighted by molar-refractivity contribution is 7.89. The molecule has 1 aromatic heterocycles. The summed E-state index contributed by atoms with van der Waals surface area (Å²) in [6.07, 6.45) is 5.81. The van der Waals surface area contributed by atoms with Gasteiger partial charge in [-0.1, -0.05) is 30.1 Å². The third-order valence-electron chi connectivity index (χ3n) is 4.74. The lowest BCUT2D eigenvalue weighted by molar-refractivity contribution is 0.113. The molecule has 0 radical (unpaired) electrons. The van der Waals surface area contributed by atoms with Crippen molar-refractivity contribution in [3.8, 4) is 5.88 Å². The van der Waals surface area contributed by atoms with Crippen LogP contribution in [0.3, 0.4) is 0 Å². The Hall–Kier alpha value is -1.34. The van der Waals surface area contributed by atoms with Gasteiger partial charge in [0.1, 0.15) is 6.10 Å². The fourth-order valence-electron chi connectivity index (χ4n) is 3.00. The zero-order valence-corrected chi connectivity index (χ0v) is 17.5. The van der Waals surface area contributed by atoms with E-state index in [1.54, 1.807) is 13.1 Å². The number of pyridine rings is 1. The maximum absolute atomic E-state index is 12.7. The van der Waals surface area contributed by atoms with E-state index in [1.165, 1.54) is 24.6 Å². The van der Waals surface area contributed by atoms with Crippen LogP contribution in [0.5, 0.6) is 5.88 Å². The van der Waals surface area contributed by atoms with Crippen molar-refractivity contribution in [2.24, 2.45) is 0 Å². The van der Waals surface area contributed by atoms with Crippen LogP contribution in [0, 0.1) is 0 Å². The number of benzene rings is 1. The smallest absolute Gasteiger partial charge is 0.241 e. The molecule has 8 heteroatoms.